The molecule has 0 aromatic heterocycles. The summed E-state index contributed by atoms with van der Waals surface area (Å²) < 4.78 is 5.62. The van der Waals surface area contributed by atoms with Gasteiger partial charge in [-0.25, -0.2) is 0 Å². The number of aryl methyl sites for hydroxylation is 1. The smallest absolute Gasteiger partial charge is 0.124 e. The molecule has 1 aromatic rings. The van der Waals surface area contributed by atoms with Crippen LogP contribution in [0.3, 0.4) is 0 Å². The van der Waals surface area contributed by atoms with Crippen LogP contribution in [0.2, 0.25) is 0 Å². The lowest BCUT2D eigenvalue weighted by Gasteiger charge is -2.25. The minimum absolute atomic E-state index is 0.0157. The van der Waals surface area contributed by atoms with Crippen LogP contribution in [0.4, 0.5) is 0 Å². The molecule has 1 saturated heterocycles. The van der Waals surface area contributed by atoms with Gasteiger partial charge in [-0.05, 0) is 25.0 Å². The summed E-state index contributed by atoms with van der Waals surface area (Å²) >= 11 is 0. The van der Waals surface area contributed by atoms with Crippen LogP contribution in [0.1, 0.15) is 22.8 Å². The quantitative estimate of drug-likeness (QED) is 0.736. The Morgan fingerprint density at radius 3 is 2.87 bits per heavy atom. The molecule has 15 heavy (non-hydrogen) atoms. The zero-order valence-electron chi connectivity index (χ0n) is 9.21. The molecule has 1 fully saturated rings. The van der Waals surface area contributed by atoms with E-state index in [1.807, 2.05) is 26.0 Å². The Hall–Kier alpha value is -1.06. The van der Waals surface area contributed by atoms with Gasteiger partial charge in [0.15, 0.2) is 0 Å². The van der Waals surface area contributed by atoms with E-state index in [1.54, 1.807) is 0 Å². The van der Waals surface area contributed by atoms with E-state index in [1.165, 1.54) is 0 Å². The molecule has 1 atom stereocenters. The zero-order chi connectivity index (χ0) is 10.8. The van der Waals surface area contributed by atoms with Gasteiger partial charge in [0, 0.05) is 18.7 Å². The monoisotopic (exact) mass is 207 g/mol. The van der Waals surface area contributed by atoms with Crippen molar-refractivity contribution in [3.63, 3.8) is 0 Å². The fraction of sp³-hybridized carbons (Fsp3) is 0.500. The van der Waals surface area contributed by atoms with Crippen LogP contribution in [0.15, 0.2) is 12.1 Å². The molecule has 1 aliphatic heterocycles. The standard InChI is InChI=1S/C12H17NO2/c1-8-3-4-10(12(14)9(8)2)11-7-13-5-6-15-11/h3-4,11,13-14H,5-7H2,1-2H3. The van der Waals surface area contributed by atoms with Gasteiger partial charge in [0.1, 0.15) is 5.75 Å². The Morgan fingerprint density at radius 1 is 1.40 bits per heavy atom. The van der Waals surface area contributed by atoms with Crippen molar-refractivity contribution in [2.45, 2.75) is 20.0 Å². The minimum Gasteiger partial charge on any atom is -0.507 e. The van der Waals surface area contributed by atoms with Gasteiger partial charge in [-0.3, -0.25) is 0 Å². The van der Waals surface area contributed by atoms with Crippen molar-refractivity contribution >= 4 is 0 Å². The highest BCUT2D eigenvalue weighted by atomic mass is 16.5. The predicted octanol–water partition coefficient (Wildman–Crippen LogP) is 1.67. The van der Waals surface area contributed by atoms with Crippen molar-refractivity contribution in [3.8, 4) is 5.75 Å². The maximum atomic E-state index is 10.0. The van der Waals surface area contributed by atoms with Crippen molar-refractivity contribution in [2.24, 2.45) is 0 Å². The number of hydrogen-bond donors (Lipinski definition) is 2. The molecular weight excluding hydrogens is 190 g/mol. The van der Waals surface area contributed by atoms with Crippen molar-refractivity contribution in [1.29, 1.82) is 0 Å². The summed E-state index contributed by atoms with van der Waals surface area (Å²) in [5.41, 5.74) is 2.95. The molecule has 82 valence electrons. The maximum absolute atomic E-state index is 10.0. The fourth-order valence-electron chi connectivity index (χ4n) is 1.85. The number of phenols is 1. The van der Waals surface area contributed by atoms with E-state index in [0.717, 1.165) is 29.8 Å². The molecule has 1 heterocycles. The summed E-state index contributed by atoms with van der Waals surface area (Å²) in [6, 6.07) is 3.98. The average Bonchev–Trinajstić information content (AvgIpc) is 2.27. The van der Waals surface area contributed by atoms with E-state index >= 15 is 0 Å². The Labute approximate surface area is 90.1 Å². The number of aromatic hydroxyl groups is 1. The van der Waals surface area contributed by atoms with E-state index in [0.29, 0.717) is 12.4 Å². The summed E-state index contributed by atoms with van der Waals surface area (Å²) in [6.45, 7) is 6.30. The van der Waals surface area contributed by atoms with Crippen LogP contribution in [-0.2, 0) is 4.74 Å². The summed E-state index contributed by atoms with van der Waals surface area (Å²) in [5.74, 6) is 0.378. The molecule has 3 nitrogen and oxygen atoms in total. The molecule has 0 amide bonds. The van der Waals surface area contributed by atoms with Gasteiger partial charge in [0.2, 0.25) is 0 Å². The molecular formula is C12H17NO2. The normalized spacial score (nSPS) is 21.6. The van der Waals surface area contributed by atoms with E-state index in [4.69, 9.17) is 4.74 Å². The van der Waals surface area contributed by atoms with Crippen LogP contribution in [0.25, 0.3) is 0 Å². The fourth-order valence-corrected chi connectivity index (χ4v) is 1.85. The van der Waals surface area contributed by atoms with Crippen LogP contribution in [-0.4, -0.2) is 24.8 Å². The summed E-state index contributed by atoms with van der Waals surface area (Å²) in [5, 5.41) is 13.3. The van der Waals surface area contributed by atoms with Gasteiger partial charge in [0.25, 0.3) is 0 Å². The van der Waals surface area contributed by atoms with Crippen molar-refractivity contribution < 1.29 is 9.84 Å². The lowest BCUT2D eigenvalue weighted by Crippen LogP contribution is -2.33. The summed E-state index contributed by atoms with van der Waals surface area (Å²) in [4.78, 5) is 0. The second-order valence-corrected chi connectivity index (χ2v) is 4.01. The van der Waals surface area contributed by atoms with Crippen molar-refractivity contribution in [2.75, 3.05) is 19.7 Å². The van der Waals surface area contributed by atoms with E-state index in [9.17, 15) is 5.11 Å². The number of benzene rings is 1. The minimum atomic E-state index is -0.0157. The molecule has 0 saturated carbocycles. The van der Waals surface area contributed by atoms with Crippen molar-refractivity contribution in [1.82, 2.24) is 5.32 Å². The largest absolute Gasteiger partial charge is 0.507 e. The number of hydrogen-bond acceptors (Lipinski definition) is 3. The molecule has 1 aliphatic rings. The predicted molar refractivity (Wildman–Crippen MR) is 59.1 cm³/mol. The van der Waals surface area contributed by atoms with Crippen LogP contribution >= 0.6 is 0 Å². The Balaban J connectivity index is 2.31. The second-order valence-electron chi connectivity index (χ2n) is 4.01. The lowest BCUT2D eigenvalue weighted by molar-refractivity contribution is 0.0262. The van der Waals surface area contributed by atoms with Crippen molar-refractivity contribution in [3.05, 3.63) is 28.8 Å². The lowest BCUT2D eigenvalue weighted by atomic mass is 10.0. The Morgan fingerprint density at radius 2 is 2.20 bits per heavy atom. The Kier molecular flexibility index (Phi) is 2.93. The van der Waals surface area contributed by atoms with Gasteiger partial charge < -0.3 is 15.2 Å². The number of rotatable bonds is 1. The molecule has 0 aliphatic carbocycles. The SMILES string of the molecule is Cc1ccc(C2CNCCO2)c(O)c1C. The van der Waals surface area contributed by atoms with Gasteiger partial charge in [-0.1, -0.05) is 12.1 Å². The first-order valence-corrected chi connectivity index (χ1v) is 5.31. The molecule has 2 N–H and O–H groups in total. The van der Waals surface area contributed by atoms with E-state index in [2.05, 4.69) is 5.32 Å². The van der Waals surface area contributed by atoms with Gasteiger partial charge in [-0.15, -0.1) is 0 Å². The first-order chi connectivity index (χ1) is 7.20. The second kappa shape index (κ2) is 4.21. The van der Waals surface area contributed by atoms with Gasteiger partial charge in [-0.2, -0.15) is 0 Å². The molecule has 1 unspecified atom stereocenters. The molecule has 2 rings (SSSR count). The zero-order valence-corrected chi connectivity index (χ0v) is 9.21. The highest BCUT2D eigenvalue weighted by molar-refractivity contribution is 5.45. The van der Waals surface area contributed by atoms with E-state index < -0.39 is 0 Å². The van der Waals surface area contributed by atoms with Gasteiger partial charge >= 0.3 is 0 Å². The first-order valence-electron chi connectivity index (χ1n) is 5.31. The van der Waals surface area contributed by atoms with Gasteiger partial charge in [0.05, 0.1) is 12.7 Å². The van der Waals surface area contributed by atoms with E-state index in [-0.39, 0.29) is 6.10 Å². The highest BCUT2D eigenvalue weighted by Crippen LogP contribution is 2.31. The number of phenolic OH excluding ortho intramolecular Hbond substituents is 1. The molecule has 0 spiro atoms. The third-order valence-corrected chi connectivity index (χ3v) is 3.01. The van der Waals surface area contributed by atoms with Crippen LogP contribution in [0.5, 0.6) is 5.75 Å². The highest BCUT2D eigenvalue weighted by Gasteiger charge is 2.20. The summed E-state index contributed by atoms with van der Waals surface area (Å²) in [7, 11) is 0. The average molecular weight is 207 g/mol. The number of nitrogens with one attached hydrogen (secondary N) is 1. The topological polar surface area (TPSA) is 41.5 Å². The Bertz CT molecular complexity index is 357. The third-order valence-electron chi connectivity index (χ3n) is 3.01. The number of ether oxygens (including phenoxy) is 1. The van der Waals surface area contributed by atoms with Crippen LogP contribution in [0, 0.1) is 13.8 Å². The molecule has 0 radical (unpaired) electrons. The van der Waals surface area contributed by atoms with Crippen LogP contribution < -0.4 is 5.32 Å². The number of morpholine rings is 1. The maximum Gasteiger partial charge on any atom is 0.124 e. The third kappa shape index (κ3) is 1.98. The summed E-state index contributed by atoms with van der Waals surface area (Å²) in [6.07, 6.45) is -0.0157. The molecule has 0 bridgehead atoms. The first kappa shape index (κ1) is 10.5. The molecule has 1 aromatic carbocycles. The molecule has 3 heteroatoms.